The number of benzene rings is 1. The van der Waals surface area contributed by atoms with Gasteiger partial charge >= 0.3 is 0 Å². The van der Waals surface area contributed by atoms with E-state index >= 15 is 0 Å². The predicted octanol–water partition coefficient (Wildman–Crippen LogP) is 0.397. The van der Waals surface area contributed by atoms with Crippen LogP contribution in [0.4, 0.5) is 0 Å². The molecule has 0 aliphatic heterocycles. The molecule has 3 aliphatic rings. The molecule has 10 heteroatoms. The van der Waals surface area contributed by atoms with Gasteiger partial charge < -0.3 is 20.7 Å². The van der Waals surface area contributed by atoms with Gasteiger partial charge in [-0.15, -0.1) is 0 Å². The van der Waals surface area contributed by atoms with Crippen LogP contribution in [-0.4, -0.2) is 56.9 Å². The Morgan fingerprint density at radius 1 is 1.11 bits per heavy atom. The number of aromatic hydroxyl groups is 1. The summed E-state index contributed by atoms with van der Waals surface area (Å²) in [6.45, 7) is 0. The van der Waals surface area contributed by atoms with Gasteiger partial charge in [0.1, 0.15) is 5.75 Å². The number of hydrogen-bond donors (Lipinski definition) is 3. The van der Waals surface area contributed by atoms with Crippen molar-refractivity contribution in [2.75, 3.05) is 7.11 Å². The smallest absolute Gasteiger partial charge is 0.235 e. The Hall–Kier alpha value is -3.92. The number of Topliss-reactive ketones (excluding diaryl/α,β-unsaturated/α-hetero) is 4. The fraction of sp³-hybridized carbons (Fsp3) is 0.360. The van der Waals surface area contributed by atoms with E-state index in [1.807, 2.05) is 0 Å². The molecule has 1 aromatic carbocycles. The minimum Gasteiger partial charge on any atom is -0.507 e. The topological polar surface area (TPSA) is 174 Å². The highest BCUT2D eigenvalue weighted by Gasteiger charge is 2.66. The number of nitrogens with zero attached hydrogens (tertiary/aromatic N) is 1. The van der Waals surface area contributed by atoms with Gasteiger partial charge in [-0.05, 0) is 42.0 Å². The number of phenols is 1. The van der Waals surface area contributed by atoms with E-state index in [1.54, 1.807) is 24.4 Å². The molecule has 5 rings (SSSR count). The van der Waals surface area contributed by atoms with Gasteiger partial charge in [-0.2, -0.15) is 0 Å². The van der Waals surface area contributed by atoms with Crippen molar-refractivity contribution in [3.05, 3.63) is 41.6 Å². The Labute approximate surface area is 199 Å². The highest BCUT2D eigenvalue weighted by atomic mass is 16.5. The monoisotopic (exact) mass is 478 g/mol. The molecule has 10 nitrogen and oxygen atoms in total. The fourth-order valence-corrected chi connectivity index (χ4v) is 5.90. The first kappa shape index (κ1) is 22.9. The standard InChI is InChI=1S/C25H22N2O8/c1-35-17-5-2-10(9-27-17)13-3-4-15(28)19-14(13)7-11-6-12-8-16(29)20(24(26)33)23(32)25(12,34)22(31)18(11)21(19)30/h2-5,9,11-12,18,20,28,34H,6-8H2,1H3,(H2,26,33)/t11-,12+,18?,20?,25+/m1/s1. The first-order valence-corrected chi connectivity index (χ1v) is 11.1. The highest BCUT2D eigenvalue weighted by Crippen LogP contribution is 2.51. The summed E-state index contributed by atoms with van der Waals surface area (Å²) >= 11 is 0. The van der Waals surface area contributed by atoms with Crippen molar-refractivity contribution in [1.82, 2.24) is 4.98 Å². The molecule has 3 aliphatic carbocycles. The largest absolute Gasteiger partial charge is 0.507 e. The third kappa shape index (κ3) is 3.13. The normalized spacial score (nSPS) is 29.8. The molecule has 180 valence electrons. The predicted molar refractivity (Wildman–Crippen MR) is 118 cm³/mol. The molecule has 1 amide bonds. The van der Waals surface area contributed by atoms with Crippen molar-refractivity contribution >= 4 is 29.0 Å². The summed E-state index contributed by atoms with van der Waals surface area (Å²) in [7, 11) is 1.48. The number of phenolic OH excluding ortho intramolecular Hbond substituents is 1. The van der Waals surface area contributed by atoms with Gasteiger partial charge in [-0.1, -0.05) is 6.07 Å². The maximum absolute atomic E-state index is 13.6. The van der Waals surface area contributed by atoms with Gasteiger partial charge in [-0.25, -0.2) is 4.98 Å². The molecular weight excluding hydrogens is 456 g/mol. The van der Waals surface area contributed by atoms with Crippen LogP contribution in [0.3, 0.4) is 0 Å². The Morgan fingerprint density at radius 2 is 1.86 bits per heavy atom. The fourth-order valence-electron chi connectivity index (χ4n) is 5.90. The summed E-state index contributed by atoms with van der Waals surface area (Å²) in [5.74, 6) is -9.93. The maximum atomic E-state index is 13.6. The molecular formula is C25H22N2O8. The van der Waals surface area contributed by atoms with Crippen LogP contribution in [0.2, 0.25) is 0 Å². The number of amides is 1. The summed E-state index contributed by atoms with van der Waals surface area (Å²) in [6.07, 6.45) is 1.43. The number of pyridine rings is 1. The molecule has 0 bridgehead atoms. The van der Waals surface area contributed by atoms with Crippen LogP contribution in [0.25, 0.3) is 11.1 Å². The molecule has 35 heavy (non-hydrogen) atoms. The molecule has 0 spiro atoms. The van der Waals surface area contributed by atoms with Crippen molar-refractivity contribution in [3.63, 3.8) is 0 Å². The van der Waals surface area contributed by atoms with E-state index in [0.717, 1.165) is 0 Å². The van der Waals surface area contributed by atoms with Crippen LogP contribution in [0.1, 0.15) is 28.8 Å². The number of fused-ring (bicyclic) bond motifs is 3. The Morgan fingerprint density at radius 3 is 2.49 bits per heavy atom. The van der Waals surface area contributed by atoms with E-state index in [2.05, 4.69) is 4.98 Å². The lowest BCUT2D eigenvalue weighted by Crippen LogP contribution is -2.68. The Balaban J connectivity index is 1.60. The van der Waals surface area contributed by atoms with Crippen molar-refractivity contribution < 1.29 is 38.9 Å². The summed E-state index contributed by atoms with van der Waals surface area (Å²) in [6, 6.07) is 6.40. The first-order chi connectivity index (χ1) is 16.6. The average molecular weight is 478 g/mol. The van der Waals surface area contributed by atoms with E-state index in [-0.39, 0.29) is 30.6 Å². The molecule has 0 radical (unpaired) electrons. The molecule has 2 aromatic rings. The number of carbonyl (C=O) groups excluding carboxylic acids is 5. The van der Waals surface area contributed by atoms with E-state index in [9.17, 15) is 34.2 Å². The van der Waals surface area contributed by atoms with E-state index in [4.69, 9.17) is 10.5 Å². The zero-order chi connectivity index (χ0) is 25.2. The summed E-state index contributed by atoms with van der Waals surface area (Å²) in [5, 5.41) is 21.8. The maximum Gasteiger partial charge on any atom is 0.235 e. The molecule has 5 atom stereocenters. The van der Waals surface area contributed by atoms with Gasteiger partial charge in [0.2, 0.25) is 11.8 Å². The second kappa shape index (κ2) is 7.81. The summed E-state index contributed by atoms with van der Waals surface area (Å²) < 4.78 is 5.09. The van der Waals surface area contributed by atoms with Crippen molar-refractivity contribution in [3.8, 4) is 22.8 Å². The molecule has 1 heterocycles. The molecule has 2 fully saturated rings. The number of nitrogens with two attached hydrogens (primary N) is 1. The SMILES string of the molecule is COc1ccc(-c2ccc(O)c3c2C[C@H]2C[C@H]4CC(=O)C(C(N)=O)C(=O)[C@@]4(O)C(=O)C2C3=O)cn1. The summed E-state index contributed by atoms with van der Waals surface area (Å²) in [5.41, 5.74) is 4.30. The third-order valence-corrected chi connectivity index (χ3v) is 7.54. The number of hydrogen-bond acceptors (Lipinski definition) is 9. The van der Waals surface area contributed by atoms with Gasteiger partial charge in [0.05, 0.1) is 18.6 Å². The number of methoxy groups -OCH3 is 1. The first-order valence-electron chi connectivity index (χ1n) is 11.1. The lowest BCUT2D eigenvalue weighted by Gasteiger charge is -2.48. The van der Waals surface area contributed by atoms with E-state index < -0.39 is 58.3 Å². The second-order valence-corrected chi connectivity index (χ2v) is 9.31. The number of aliphatic hydroxyl groups is 1. The van der Waals surface area contributed by atoms with Crippen molar-refractivity contribution in [2.24, 2.45) is 29.4 Å². The van der Waals surface area contributed by atoms with E-state index in [1.165, 1.54) is 13.2 Å². The number of ether oxygens (including phenoxy) is 1. The number of primary amides is 1. The molecule has 1 aromatic heterocycles. The van der Waals surface area contributed by atoms with Gasteiger partial charge in [-0.3, -0.25) is 24.0 Å². The van der Waals surface area contributed by atoms with Crippen molar-refractivity contribution in [1.29, 1.82) is 0 Å². The van der Waals surface area contributed by atoms with Crippen LogP contribution in [-0.2, 0) is 25.6 Å². The van der Waals surface area contributed by atoms with E-state index in [0.29, 0.717) is 22.6 Å². The average Bonchev–Trinajstić information content (AvgIpc) is 2.81. The Kier molecular flexibility index (Phi) is 5.10. The van der Waals surface area contributed by atoms with Gasteiger partial charge in [0.25, 0.3) is 0 Å². The summed E-state index contributed by atoms with van der Waals surface area (Å²) in [4.78, 5) is 68.4. The number of aromatic nitrogens is 1. The molecule has 0 saturated heterocycles. The van der Waals surface area contributed by atoms with Crippen LogP contribution < -0.4 is 10.5 Å². The lowest BCUT2D eigenvalue weighted by molar-refractivity contribution is -0.175. The second-order valence-electron chi connectivity index (χ2n) is 9.31. The quantitative estimate of drug-likeness (QED) is 0.527. The third-order valence-electron chi connectivity index (χ3n) is 7.54. The number of ketones is 4. The minimum atomic E-state index is -2.66. The highest BCUT2D eigenvalue weighted by molar-refractivity contribution is 6.31. The minimum absolute atomic E-state index is 0.0387. The van der Waals surface area contributed by atoms with Crippen LogP contribution in [0.5, 0.6) is 11.6 Å². The zero-order valence-corrected chi connectivity index (χ0v) is 18.7. The van der Waals surface area contributed by atoms with Crippen LogP contribution >= 0.6 is 0 Å². The zero-order valence-electron chi connectivity index (χ0n) is 18.7. The molecule has 4 N–H and O–H groups in total. The number of rotatable bonds is 3. The Bertz CT molecular complexity index is 1320. The van der Waals surface area contributed by atoms with Gasteiger partial charge in [0, 0.05) is 30.2 Å². The number of carbonyl (C=O) groups is 5. The van der Waals surface area contributed by atoms with Crippen LogP contribution in [0.15, 0.2) is 30.5 Å². The molecule has 2 unspecified atom stereocenters. The van der Waals surface area contributed by atoms with Gasteiger partial charge in [0.15, 0.2) is 34.7 Å². The molecule has 2 saturated carbocycles. The van der Waals surface area contributed by atoms with Crippen LogP contribution in [0, 0.1) is 23.7 Å². The lowest BCUT2D eigenvalue weighted by atomic mass is 9.53. The van der Waals surface area contributed by atoms with Crippen molar-refractivity contribution in [2.45, 2.75) is 24.9 Å².